The summed E-state index contributed by atoms with van der Waals surface area (Å²) in [7, 11) is 0. The molecular weight excluding hydrogens is 412 g/mol. The van der Waals surface area contributed by atoms with Gasteiger partial charge in [-0.2, -0.15) is 0 Å². The molecule has 4 heteroatoms. The summed E-state index contributed by atoms with van der Waals surface area (Å²) in [5.41, 5.74) is 4.56. The summed E-state index contributed by atoms with van der Waals surface area (Å²) in [6.07, 6.45) is 3.47. The first kappa shape index (κ1) is 17.9. The second-order valence-corrected chi connectivity index (χ2v) is 9.83. The van der Waals surface area contributed by atoms with E-state index in [9.17, 15) is 4.79 Å². The zero-order chi connectivity index (χ0) is 19.5. The van der Waals surface area contributed by atoms with Gasteiger partial charge in [-0.05, 0) is 53.3 Å². The third-order valence-electron chi connectivity index (χ3n) is 6.30. The molecule has 1 aromatic heterocycles. The molecule has 0 unspecified atom stereocenters. The maximum absolute atomic E-state index is 13.4. The largest absolute Gasteiger partial charge is 0.381 e. The van der Waals surface area contributed by atoms with Crippen LogP contribution in [0.2, 0.25) is 0 Å². The number of fused-ring (bicyclic) bond motifs is 4. The summed E-state index contributed by atoms with van der Waals surface area (Å²) >= 11 is 3.55. The Labute approximate surface area is 173 Å². The van der Waals surface area contributed by atoms with Gasteiger partial charge in [-0.3, -0.25) is 9.78 Å². The molecule has 1 fully saturated rings. The van der Waals surface area contributed by atoms with Crippen molar-refractivity contribution in [2.75, 3.05) is 5.32 Å². The predicted octanol–water partition coefficient (Wildman–Crippen LogP) is 5.93. The molecule has 2 aliphatic rings. The highest BCUT2D eigenvalue weighted by Gasteiger charge is 2.48. The quantitative estimate of drug-likeness (QED) is 0.515. The maximum Gasteiger partial charge on any atom is 0.139 e. The van der Waals surface area contributed by atoms with Crippen molar-refractivity contribution in [3.63, 3.8) is 0 Å². The van der Waals surface area contributed by atoms with Gasteiger partial charge < -0.3 is 5.32 Å². The Morgan fingerprint density at radius 3 is 2.68 bits per heavy atom. The van der Waals surface area contributed by atoms with Crippen molar-refractivity contribution in [1.82, 2.24) is 4.98 Å². The Balaban J connectivity index is 1.76. The molecule has 142 valence electrons. The number of benzene rings is 2. The minimum Gasteiger partial charge on any atom is -0.381 e. The number of hydrogen-bond donors (Lipinski definition) is 1. The van der Waals surface area contributed by atoms with Gasteiger partial charge in [0, 0.05) is 46.0 Å². The zero-order valence-corrected chi connectivity index (χ0v) is 17.7. The van der Waals surface area contributed by atoms with Gasteiger partial charge >= 0.3 is 0 Å². The maximum atomic E-state index is 13.4. The molecular formula is C24H23BrN2O. The van der Waals surface area contributed by atoms with Crippen LogP contribution in [0.1, 0.15) is 43.7 Å². The fourth-order valence-electron chi connectivity index (χ4n) is 5.23. The second-order valence-electron chi connectivity index (χ2n) is 8.91. The first-order valence-electron chi connectivity index (χ1n) is 9.85. The van der Waals surface area contributed by atoms with Crippen LogP contribution >= 0.6 is 15.9 Å². The van der Waals surface area contributed by atoms with Gasteiger partial charge in [-0.15, -0.1) is 0 Å². The molecule has 3 aromatic rings. The summed E-state index contributed by atoms with van der Waals surface area (Å²) in [5, 5.41) is 4.87. The molecule has 1 aliphatic carbocycles. The lowest BCUT2D eigenvalue weighted by molar-refractivity contribution is -0.128. The molecule has 3 nitrogen and oxygen atoms in total. The number of carbonyl (C=O) groups is 1. The van der Waals surface area contributed by atoms with Gasteiger partial charge in [0.15, 0.2) is 0 Å². The van der Waals surface area contributed by atoms with Crippen molar-refractivity contribution < 1.29 is 4.79 Å². The van der Waals surface area contributed by atoms with E-state index in [1.54, 1.807) is 0 Å². The Morgan fingerprint density at radius 1 is 1.11 bits per heavy atom. The van der Waals surface area contributed by atoms with Gasteiger partial charge in [0.25, 0.3) is 0 Å². The number of anilines is 1. The van der Waals surface area contributed by atoms with Gasteiger partial charge in [0.2, 0.25) is 0 Å². The standard InChI is InChI=1S/C24H23BrN2O/c1-24(2)12-19-23(20(28)13-24)21(14-5-7-15(25)8-6-14)22-16-4-3-11-26-17(16)9-10-18(22)27-19/h3-11,19,21,23,27H,12-13H2,1-2H3/t19-,21-,23-/m0/s1. The number of rotatable bonds is 1. The molecule has 3 atom stereocenters. The number of nitrogens with zero attached hydrogens (tertiary/aromatic N) is 1. The Hall–Kier alpha value is -2.20. The fourth-order valence-corrected chi connectivity index (χ4v) is 5.49. The van der Waals surface area contributed by atoms with Crippen LogP contribution in [0.15, 0.2) is 59.2 Å². The van der Waals surface area contributed by atoms with Gasteiger partial charge in [-0.1, -0.05) is 48.0 Å². The minimum atomic E-state index is -0.0486. The number of hydrogen-bond acceptors (Lipinski definition) is 3. The van der Waals surface area contributed by atoms with E-state index in [1.165, 1.54) is 11.1 Å². The zero-order valence-electron chi connectivity index (χ0n) is 16.1. The molecule has 2 aromatic carbocycles. The number of nitrogens with one attached hydrogen (secondary N) is 1. The van der Waals surface area contributed by atoms with Crippen molar-refractivity contribution in [3.8, 4) is 0 Å². The van der Waals surface area contributed by atoms with E-state index in [-0.39, 0.29) is 23.3 Å². The number of aromatic nitrogens is 1. The third kappa shape index (κ3) is 2.86. The molecule has 2 heterocycles. The highest BCUT2D eigenvalue weighted by molar-refractivity contribution is 9.10. The number of Topliss-reactive ketones (excluding diaryl/α,β-unsaturated/α-hetero) is 1. The minimum absolute atomic E-state index is 0.0332. The van der Waals surface area contributed by atoms with E-state index in [0.29, 0.717) is 12.2 Å². The van der Waals surface area contributed by atoms with Crippen LogP contribution in [0.5, 0.6) is 0 Å². The van der Waals surface area contributed by atoms with Crippen LogP contribution in [-0.4, -0.2) is 16.8 Å². The van der Waals surface area contributed by atoms with Crippen LogP contribution in [0.3, 0.4) is 0 Å². The SMILES string of the molecule is CC1(C)CC(=O)[C@H]2[C@@H](c3ccc(Br)cc3)c3c(ccc4ncccc34)N[C@H]2C1. The lowest BCUT2D eigenvalue weighted by atomic mass is 9.61. The van der Waals surface area contributed by atoms with Gasteiger partial charge in [-0.25, -0.2) is 0 Å². The molecule has 0 amide bonds. The number of ketones is 1. The van der Waals surface area contributed by atoms with Crippen LogP contribution in [0, 0.1) is 11.3 Å². The van der Waals surface area contributed by atoms with E-state index in [0.717, 1.165) is 27.5 Å². The highest BCUT2D eigenvalue weighted by atomic mass is 79.9. The van der Waals surface area contributed by atoms with E-state index in [1.807, 2.05) is 12.3 Å². The normalized spacial score (nSPS) is 25.7. The molecule has 0 saturated heterocycles. The summed E-state index contributed by atoms with van der Waals surface area (Å²) < 4.78 is 1.05. The highest BCUT2D eigenvalue weighted by Crippen LogP contribution is 2.51. The molecule has 1 aliphatic heterocycles. The molecule has 1 N–H and O–H groups in total. The van der Waals surface area contributed by atoms with Gasteiger partial charge in [0.1, 0.15) is 5.78 Å². The number of pyridine rings is 1. The van der Waals surface area contributed by atoms with E-state index >= 15 is 0 Å². The van der Waals surface area contributed by atoms with E-state index in [4.69, 9.17) is 0 Å². The summed E-state index contributed by atoms with van der Waals surface area (Å²) in [6.45, 7) is 4.41. The lowest BCUT2D eigenvalue weighted by Gasteiger charge is -2.47. The van der Waals surface area contributed by atoms with E-state index in [2.05, 4.69) is 82.5 Å². The summed E-state index contributed by atoms with van der Waals surface area (Å²) in [6, 6.07) is 17.0. The predicted molar refractivity (Wildman–Crippen MR) is 117 cm³/mol. The van der Waals surface area contributed by atoms with Crippen LogP contribution in [-0.2, 0) is 4.79 Å². The molecule has 1 saturated carbocycles. The first-order valence-corrected chi connectivity index (χ1v) is 10.6. The van der Waals surface area contributed by atoms with Crippen LogP contribution < -0.4 is 5.32 Å². The topological polar surface area (TPSA) is 42.0 Å². The van der Waals surface area contributed by atoms with E-state index < -0.39 is 0 Å². The van der Waals surface area contributed by atoms with Crippen molar-refractivity contribution >= 4 is 38.3 Å². The van der Waals surface area contributed by atoms with Crippen LogP contribution in [0.25, 0.3) is 10.9 Å². The van der Waals surface area contributed by atoms with Crippen molar-refractivity contribution in [1.29, 1.82) is 0 Å². The number of halogens is 1. The van der Waals surface area contributed by atoms with Crippen molar-refractivity contribution in [2.24, 2.45) is 11.3 Å². The van der Waals surface area contributed by atoms with Gasteiger partial charge in [0.05, 0.1) is 5.52 Å². The van der Waals surface area contributed by atoms with Crippen molar-refractivity contribution in [2.45, 2.75) is 38.6 Å². The molecule has 0 radical (unpaired) electrons. The first-order chi connectivity index (χ1) is 13.4. The summed E-state index contributed by atoms with van der Waals surface area (Å²) in [4.78, 5) is 17.9. The lowest BCUT2D eigenvalue weighted by Crippen LogP contribution is -2.50. The smallest absolute Gasteiger partial charge is 0.139 e. The average molecular weight is 435 g/mol. The molecule has 0 bridgehead atoms. The van der Waals surface area contributed by atoms with Crippen LogP contribution in [0.4, 0.5) is 5.69 Å². The average Bonchev–Trinajstić information content (AvgIpc) is 2.66. The molecule has 0 spiro atoms. The summed E-state index contributed by atoms with van der Waals surface area (Å²) in [5.74, 6) is 0.367. The second kappa shape index (κ2) is 6.41. The Kier molecular flexibility index (Phi) is 4.09. The Bertz CT molecular complexity index is 1070. The number of carbonyl (C=O) groups excluding carboxylic acids is 1. The Morgan fingerprint density at radius 2 is 1.89 bits per heavy atom. The fraction of sp³-hybridized carbons (Fsp3) is 0.333. The third-order valence-corrected chi connectivity index (χ3v) is 6.83. The molecule has 28 heavy (non-hydrogen) atoms. The molecule has 5 rings (SSSR count). The van der Waals surface area contributed by atoms with Crippen molar-refractivity contribution in [3.05, 3.63) is 70.3 Å². The monoisotopic (exact) mass is 434 g/mol.